The van der Waals surface area contributed by atoms with Gasteiger partial charge in [-0.1, -0.05) is 18.2 Å². The van der Waals surface area contributed by atoms with Crippen LogP contribution in [0.2, 0.25) is 0 Å². The average Bonchev–Trinajstić information content (AvgIpc) is 2.92. The zero-order valence-electron chi connectivity index (χ0n) is 14.5. The molecule has 1 saturated heterocycles. The molecule has 0 unspecified atom stereocenters. The molecule has 1 heterocycles. The Labute approximate surface area is 157 Å². The van der Waals surface area contributed by atoms with Crippen molar-refractivity contribution in [3.8, 4) is 0 Å². The highest BCUT2D eigenvalue weighted by Crippen LogP contribution is 2.28. The number of benzene rings is 2. The quantitative estimate of drug-likeness (QED) is 0.808. The second-order valence-electron chi connectivity index (χ2n) is 6.71. The van der Waals surface area contributed by atoms with Crippen LogP contribution in [0.3, 0.4) is 0 Å². The topological polar surface area (TPSA) is 80.3 Å². The van der Waals surface area contributed by atoms with Crippen molar-refractivity contribution >= 4 is 19.7 Å². The minimum absolute atomic E-state index is 0.169. The van der Waals surface area contributed by atoms with E-state index in [4.69, 9.17) is 0 Å². The van der Waals surface area contributed by atoms with Gasteiger partial charge in [-0.05, 0) is 42.3 Å². The third-order valence-electron chi connectivity index (χ3n) is 4.57. The Bertz CT molecular complexity index is 1050. The molecule has 9 heteroatoms. The van der Waals surface area contributed by atoms with Gasteiger partial charge in [0.2, 0.25) is 0 Å². The van der Waals surface area contributed by atoms with Crippen molar-refractivity contribution in [3.05, 3.63) is 65.2 Å². The van der Waals surface area contributed by atoms with Gasteiger partial charge in [0.25, 0.3) is 0 Å². The summed E-state index contributed by atoms with van der Waals surface area (Å²) in [5.74, 6) is -2.23. The molecule has 0 aromatic heterocycles. The van der Waals surface area contributed by atoms with Crippen LogP contribution in [-0.4, -0.2) is 39.6 Å². The van der Waals surface area contributed by atoms with Gasteiger partial charge in [-0.15, -0.1) is 0 Å². The molecule has 2 aromatic rings. The molecule has 0 saturated carbocycles. The molecule has 0 amide bonds. The molecule has 3 rings (SSSR count). The Morgan fingerprint density at radius 3 is 2.41 bits per heavy atom. The highest BCUT2D eigenvalue weighted by atomic mass is 32.2. The predicted molar refractivity (Wildman–Crippen MR) is 97.8 cm³/mol. The Balaban J connectivity index is 1.89. The van der Waals surface area contributed by atoms with E-state index < -0.39 is 53.2 Å². The lowest BCUT2D eigenvalue weighted by atomic mass is 10.2. The van der Waals surface area contributed by atoms with Crippen molar-refractivity contribution in [2.75, 3.05) is 11.5 Å². The first-order valence-corrected chi connectivity index (χ1v) is 11.6. The van der Waals surface area contributed by atoms with Crippen LogP contribution in [0.1, 0.15) is 11.1 Å². The molecule has 146 valence electrons. The fourth-order valence-electron chi connectivity index (χ4n) is 3.15. The van der Waals surface area contributed by atoms with E-state index in [1.54, 1.807) is 6.92 Å². The molecule has 5 nitrogen and oxygen atoms in total. The van der Waals surface area contributed by atoms with Crippen LogP contribution in [0.5, 0.6) is 0 Å². The highest BCUT2D eigenvalue weighted by molar-refractivity contribution is 7.96. The van der Waals surface area contributed by atoms with E-state index in [2.05, 4.69) is 5.32 Å². The number of halogens is 2. The summed E-state index contributed by atoms with van der Waals surface area (Å²) < 4.78 is 77.2. The van der Waals surface area contributed by atoms with Gasteiger partial charge >= 0.3 is 0 Å². The number of sulfone groups is 2. The molecule has 0 bridgehead atoms. The van der Waals surface area contributed by atoms with Gasteiger partial charge in [0.15, 0.2) is 19.7 Å². The summed E-state index contributed by atoms with van der Waals surface area (Å²) in [6, 6.07) is 8.41. The minimum atomic E-state index is -4.20. The van der Waals surface area contributed by atoms with Gasteiger partial charge in [0.05, 0.1) is 16.8 Å². The van der Waals surface area contributed by atoms with Crippen LogP contribution in [-0.2, 0) is 26.2 Å². The largest absolute Gasteiger partial charge is 0.308 e. The third-order valence-corrected chi connectivity index (χ3v) is 8.74. The molecular formula is C18H19F2NO4S2. The number of hydrogen-bond donors (Lipinski definition) is 1. The van der Waals surface area contributed by atoms with Crippen molar-refractivity contribution in [2.24, 2.45) is 0 Å². The van der Waals surface area contributed by atoms with Gasteiger partial charge in [-0.2, -0.15) is 0 Å². The molecule has 0 aliphatic carbocycles. The molecule has 2 aromatic carbocycles. The van der Waals surface area contributed by atoms with E-state index in [1.807, 2.05) is 0 Å². The molecular weight excluding hydrogens is 396 g/mol. The minimum Gasteiger partial charge on any atom is -0.308 e. The van der Waals surface area contributed by atoms with Gasteiger partial charge in [0.1, 0.15) is 16.5 Å². The Kier molecular flexibility index (Phi) is 5.38. The van der Waals surface area contributed by atoms with Crippen molar-refractivity contribution in [1.29, 1.82) is 0 Å². The van der Waals surface area contributed by atoms with Gasteiger partial charge < -0.3 is 5.32 Å². The lowest BCUT2D eigenvalue weighted by Crippen LogP contribution is -2.43. The summed E-state index contributed by atoms with van der Waals surface area (Å²) in [6.07, 6.45) is 0. The summed E-state index contributed by atoms with van der Waals surface area (Å²) in [6.45, 7) is 1.80. The zero-order valence-corrected chi connectivity index (χ0v) is 16.2. The van der Waals surface area contributed by atoms with Crippen molar-refractivity contribution < 1.29 is 25.6 Å². The van der Waals surface area contributed by atoms with Crippen LogP contribution in [0.4, 0.5) is 8.78 Å². The average molecular weight is 415 g/mol. The highest BCUT2D eigenvalue weighted by Gasteiger charge is 2.46. The summed E-state index contributed by atoms with van der Waals surface area (Å²) in [5, 5.41) is 1.64. The number of nitrogens with one attached hydrogen (secondary N) is 1. The first-order valence-electron chi connectivity index (χ1n) is 8.27. The van der Waals surface area contributed by atoms with Crippen molar-refractivity contribution in [1.82, 2.24) is 5.32 Å². The van der Waals surface area contributed by atoms with Crippen LogP contribution >= 0.6 is 0 Å². The zero-order chi connectivity index (χ0) is 19.8. The predicted octanol–water partition coefficient (Wildman–Crippen LogP) is 2.00. The maximum atomic E-state index is 14.1. The Hall–Kier alpha value is -1.84. The molecule has 1 aliphatic rings. The van der Waals surface area contributed by atoms with E-state index in [0.717, 1.165) is 6.07 Å². The van der Waals surface area contributed by atoms with Crippen LogP contribution in [0, 0.1) is 18.6 Å². The van der Waals surface area contributed by atoms with E-state index in [0.29, 0.717) is 11.1 Å². The van der Waals surface area contributed by atoms with Crippen LogP contribution < -0.4 is 5.32 Å². The molecule has 0 radical (unpaired) electrons. The van der Waals surface area contributed by atoms with Gasteiger partial charge in [-0.3, -0.25) is 0 Å². The van der Waals surface area contributed by atoms with Gasteiger partial charge in [-0.25, -0.2) is 25.6 Å². The Morgan fingerprint density at radius 2 is 1.74 bits per heavy atom. The van der Waals surface area contributed by atoms with Gasteiger partial charge in [0, 0.05) is 12.6 Å². The first kappa shape index (κ1) is 19.9. The monoisotopic (exact) mass is 415 g/mol. The summed E-state index contributed by atoms with van der Waals surface area (Å²) in [4.78, 5) is -0.488. The van der Waals surface area contributed by atoms with E-state index in [9.17, 15) is 25.6 Å². The second kappa shape index (κ2) is 7.29. The van der Waals surface area contributed by atoms with Crippen molar-refractivity contribution in [2.45, 2.75) is 29.7 Å². The molecule has 0 spiro atoms. The smallest absolute Gasteiger partial charge is 0.186 e. The number of hydrogen-bond acceptors (Lipinski definition) is 5. The van der Waals surface area contributed by atoms with Crippen molar-refractivity contribution in [3.63, 3.8) is 0 Å². The summed E-state index contributed by atoms with van der Waals surface area (Å²) in [5.41, 5.74) is 1.24. The third kappa shape index (κ3) is 4.36. The maximum Gasteiger partial charge on any atom is 0.186 e. The van der Waals surface area contributed by atoms with E-state index in [-0.39, 0.29) is 12.3 Å². The van der Waals surface area contributed by atoms with Crippen LogP contribution in [0.25, 0.3) is 0 Å². The molecule has 1 aliphatic heterocycles. The normalized spacial score (nSPS) is 22.0. The molecule has 1 N–H and O–H groups in total. The maximum absolute atomic E-state index is 14.1. The fraction of sp³-hybridized carbons (Fsp3) is 0.333. The van der Waals surface area contributed by atoms with E-state index in [1.165, 1.54) is 36.4 Å². The molecule has 2 atom stereocenters. The first-order chi connectivity index (χ1) is 12.6. The summed E-state index contributed by atoms with van der Waals surface area (Å²) >= 11 is 0. The molecule has 27 heavy (non-hydrogen) atoms. The van der Waals surface area contributed by atoms with Crippen LogP contribution in [0.15, 0.2) is 47.4 Å². The van der Waals surface area contributed by atoms with E-state index >= 15 is 0 Å². The Morgan fingerprint density at radius 1 is 1.07 bits per heavy atom. The number of aryl methyl sites for hydroxylation is 1. The lowest BCUT2D eigenvalue weighted by Gasteiger charge is -2.20. The second-order valence-corrected chi connectivity index (χ2v) is 11.0. The SMILES string of the molecule is Cc1ccc(F)c(S(=O)(=O)[C@H]2CS(=O)(=O)C[C@@H]2NCc2ccc(F)cc2)c1. The summed E-state index contributed by atoms with van der Waals surface area (Å²) in [7, 11) is -7.79. The fourth-order valence-corrected chi connectivity index (χ4v) is 8.02. The number of rotatable bonds is 5. The standard InChI is InChI=1S/C18H19F2NO4S2/c1-12-2-7-15(20)17(8-12)27(24,25)18-11-26(22,23)10-16(18)21-9-13-3-5-14(19)6-4-13/h2-8,16,18,21H,9-11H2,1H3/t16-,18-/m0/s1. The molecule has 1 fully saturated rings. The lowest BCUT2D eigenvalue weighted by molar-refractivity contribution is 0.518.